The average molecular weight is 439 g/mol. The molecule has 10 heteroatoms. The fraction of sp³-hybridized carbons (Fsp3) is 0.143. The Balaban J connectivity index is 1.28. The van der Waals surface area contributed by atoms with Crippen LogP contribution in [0.1, 0.15) is 21.3 Å². The molecule has 0 saturated heterocycles. The lowest BCUT2D eigenvalue weighted by atomic mass is 10.3. The number of hydrazine groups is 1. The molecule has 31 heavy (non-hydrogen) atoms. The minimum atomic E-state index is -0.539. The molecule has 0 spiro atoms. The predicted molar refractivity (Wildman–Crippen MR) is 113 cm³/mol. The Bertz CT molecular complexity index is 1240. The number of fused-ring (bicyclic) bond motifs is 1. The van der Waals surface area contributed by atoms with E-state index in [2.05, 4.69) is 20.8 Å². The van der Waals surface area contributed by atoms with Crippen LogP contribution < -0.4 is 15.6 Å². The zero-order valence-electron chi connectivity index (χ0n) is 16.5. The summed E-state index contributed by atoms with van der Waals surface area (Å²) in [5.74, 6) is -0.207. The van der Waals surface area contributed by atoms with Gasteiger partial charge in [-0.2, -0.15) is 0 Å². The van der Waals surface area contributed by atoms with E-state index < -0.39 is 11.8 Å². The fourth-order valence-electron chi connectivity index (χ4n) is 2.89. The van der Waals surface area contributed by atoms with E-state index in [1.165, 1.54) is 35.6 Å². The summed E-state index contributed by atoms with van der Waals surface area (Å²) in [6.07, 6.45) is 0.0132. The second-order valence-corrected chi connectivity index (χ2v) is 7.57. The highest BCUT2D eigenvalue weighted by molar-refractivity contribution is 7.09. The number of nitrogens with one attached hydrogen (secondary N) is 2. The number of hydrogen-bond acceptors (Lipinski definition) is 6. The Morgan fingerprint density at radius 2 is 1.87 bits per heavy atom. The van der Waals surface area contributed by atoms with Crippen molar-refractivity contribution in [3.05, 3.63) is 76.3 Å². The number of aryl methyl sites for hydroxylation is 1. The highest BCUT2D eigenvalue weighted by atomic mass is 32.1. The molecule has 2 aromatic heterocycles. The first-order valence-electron chi connectivity index (χ1n) is 9.32. The third-order valence-corrected chi connectivity index (χ3v) is 5.30. The zero-order valence-corrected chi connectivity index (χ0v) is 17.3. The number of amides is 2. The van der Waals surface area contributed by atoms with E-state index in [0.717, 1.165) is 11.0 Å². The second kappa shape index (κ2) is 8.92. The second-order valence-electron chi connectivity index (χ2n) is 6.62. The summed E-state index contributed by atoms with van der Waals surface area (Å²) in [5.41, 5.74) is 6.61. The van der Waals surface area contributed by atoms with Gasteiger partial charge in [-0.25, -0.2) is 14.4 Å². The normalized spacial score (nSPS) is 10.8. The highest BCUT2D eigenvalue weighted by Gasteiger charge is 2.15. The number of imidazole rings is 1. The summed E-state index contributed by atoms with van der Waals surface area (Å²) in [6.45, 7) is 0.142. The molecule has 2 amide bonds. The molecular weight excluding hydrogens is 421 g/mol. The lowest BCUT2D eigenvalue weighted by molar-refractivity contribution is -0.121. The molecule has 0 aliphatic rings. The van der Waals surface area contributed by atoms with Crippen LogP contribution in [0.5, 0.6) is 5.75 Å². The maximum Gasteiger partial charge on any atom is 0.289 e. The first kappa shape index (κ1) is 20.5. The van der Waals surface area contributed by atoms with Gasteiger partial charge >= 0.3 is 0 Å². The van der Waals surface area contributed by atoms with Crippen LogP contribution in [0.4, 0.5) is 4.39 Å². The number of rotatable bonds is 6. The van der Waals surface area contributed by atoms with Gasteiger partial charge in [0.05, 0.1) is 17.5 Å². The standard InChI is InChI=1S/C21H18FN5O3S/c1-27-17-5-3-2-4-15(17)23-18(27)10-19(28)25-26-21(29)16-12-31-20(24-16)11-30-14-8-6-13(22)7-9-14/h2-9,12H,10-11H2,1H3,(H,25,28)(H,26,29). The number of carbonyl (C=O) groups excluding carboxylic acids is 2. The SMILES string of the molecule is Cn1c(CC(=O)NNC(=O)c2csc(COc3ccc(F)cc3)n2)nc2ccccc21. The zero-order chi connectivity index (χ0) is 21.8. The monoisotopic (exact) mass is 439 g/mol. The first-order valence-corrected chi connectivity index (χ1v) is 10.2. The van der Waals surface area contributed by atoms with E-state index >= 15 is 0 Å². The topological polar surface area (TPSA) is 98.1 Å². The van der Waals surface area contributed by atoms with Gasteiger partial charge in [0.1, 0.15) is 34.7 Å². The van der Waals surface area contributed by atoms with Crippen LogP contribution in [0.25, 0.3) is 11.0 Å². The van der Waals surface area contributed by atoms with Gasteiger partial charge in [0.15, 0.2) is 0 Å². The highest BCUT2D eigenvalue weighted by Crippen LogP contribution is 2.16. The van der Waals surface area contributed by atoms with Gasteiger partial charge in [0.25, 0.3) is 5.91 Å². The van der Waals surface area contributed by atoms with Gasteiger partial charge in [-0.05, 0) is 36.4 Å². The number of nitrogens with zero attached hydrogens (tertiary/aromatic N) is 3. The van der Waals surface area contributed by atoms with E-state index in [0.29, 0.717) is 16.6 Å². The van der Waals surface area contributed by atoms with E-state index in [1.54, 1.807) is 5.38 Å². The summed E-state index contributed by atoms with van der Waals surface area (Å²) < 4.78 is 20.3. The molecule has 2 heterocycles. The van der Waals surface area contributed by atoms with Gasteiger partial charge < -0.3 is 9.30 Å². The smallest absolute Gasteiger partial charge is 0.289 e. The summed E-state index contributed by atoms with van der Waals surface area (Å²) in [6, 6.07) is 13.2. The molecule has 0 saturated carbocycles. The quantitative estimate of drug-likeness (QED) is 0.450. The van der Waals surface area contributed by atoms with E-state index in [9.17, 15) is 14.0 Å². The van der Waals surface area contributed by atoms with Crippen LogP contribution in [0.15, 0.2) is 53.9 Å². The number of aromatic nitrogens is 3. The lowest BCUT2D eigenvalue weighted by Gasteiger charge is -2.06. The molecule has 2 N–H and O–H groups in total. The minimum Gasteiger partial charge on any atom is -0.486 e. The molecule has 158 valence electrons. The van der Waals surface area contributed by atoms with Crippen LogP contribution in [0.3, 0.4) is 0 Å². The number of para-hydroxylation sites is 2. The maximum absolute atomic E-state index is 12.9. The Kier molecular flexibility index (Phi) is 5.89. The molecule has 0 atom stereocenters. The lowest BCUT2D eigenvalue weighted by Crippen LogP contribution is -2.42. The van der Waals surface area contributed by atoms with Crippen molar-refractivity contribution in [2.45, 2.75) is 13.0 Å². The van der Waals surface area contributed by atoms with Crippen molar-refractivity contribution in [3.63, 3.8) is 0 Å². The molecule has 0 unspecified atom stereocenters. The van der Waals surface area contributed by atoms with E-state index in [-0.39, 0.29) is 24.5 Å². The summed E-state index contributed by atoms with van der Waals surface area (Å²) >= 11 is 1.24. The Morgan fingerprint density at radius 1 is 1.10 bits per heavy atom. The molecule has 0 fully saturated rings. The third kappa shape index (κ3) is 4.86. The molecule has 0 bridgehead atoms. The van der Waals surface area contributed by atoms with Crippen molar-refractivity contribution < 1.29 is 18.7 Å². The molecule has 4 aromatic rings. The van der Waals surface area contributed by atoms with E-state index in [1.807, 2.05) is 35.9 Å². The van der Waals surface area contributed by atoms with Crippen molar-refractivity contribution in [3.8, 4) is 5.75 Å². The number of halogens is 1. The van der Waals surface area contributed by atoms with Crippen LogP contribution in [0.2, 0.25) is 0 Å². The summed E-state index contributed by atoms with van der Waals surface area (Å²) in [4.78, 5) is 33.1. The van der Waals surface area contributed by atoms with Gasteiger partial charge in [0.2, 0.25) is 5.91 Å². The van der Waals surface area contributed by atoms with Crippen molar-refractivity contribution >= 4 is 34.2 Å². The number of carbonyl (C=O) groups is 2. The molecule has 0 aliphatic carbocycles. The van der Waals surface area contributed by atoms with Crippen LogP contribution in [-0.2, 0) is 24.9 Å². The van der Waals surface area contributed by atoms with Gasteiger partial charge in [-0.15, -0.1) is 11.3 Å². The van der Waals surface area contributed by atoms with Gasteiger partial charge in [-0.1, -0.05) is 12.1 Å². The molecule has 2 aromatic carbocycles. The Hall–Kier alpha value is -3.79. The molecule has 8 nitrogen and oxygen atoms in total. The van der Waals surface area contributed by atoms with Crippen LogP contribution >= 0.6 is 11.3 Å². The van der Waals surface area contributed by atoms with Gasteiger partial charge in [0, 0.05) is 12.4 Å². The van der Waals surface area contributed by atoms with Gasteiger partial charge in [-0.3, -0.25) is 20.4 Å². The van der Waals surface area contributed by atoms with Crippen LogP contribution in [-0.4, -0.2) is 26.3 Å². The van der Waals surface area contributed by atoms with E-state index in [4.69, 9.17) is 4.74 Å². The molecule has 0 radical (unpaired) electrons. The summed E-state index contributed by atoms with van der Waals surface area (Å²) in [5, 5.41) is 2.14. The van der Waals surface area contributed by atoms with Crippen molar-refractivity contribution in [2.24, 2.45) is 7.05 Å². The number of thiazole rings is 1. The largest absolute Gasteiger partial charge is 0.486 e. The Labute approximate surface area is 180 Å². The van der Waals surface area contributed by atoms with Crippen molar-refractivity contribution in [1.82, 2.24) is 25.4 Å². The number of ether oxygens (including phenoxy) is 1. The molecule has 0 aliphatic heterocycles. The molecular formula is C21H18FN5O3S. The number of hydrogen-bond donors (Lipinski definition) is 2. The maximum atomic E-state index is 12.9. The van der Waals surface area contributed by atoms with Crippen molar-refractivity contribution in [1.29, 1.82) is 0 Å². The van der Waals surface area contributed by atoms with Crippen molar-refractivity contribution in [2.75, 3.05) is 0 Å². The molecule has 4 rings (SSSR count). The minimum absolute atomic E-state index is 0.0132. The summed E-state index contributed by atoms with van der Waals surface area (Å²) in [7, 11) is 1.83. The fourth-order valence-corrected chi connectivity index (χ4v) is 3.57. The third-order valence-electron chi connectivity index (χ3n) is 4.47. The van der Waals surface area contributed by atoms with Crippen LogP contribution in [0, 0.1) is 5.82 Å². The average Bonchev–Trinajstić information content (AvgIpc) is 3.37. The first-order chi connectivity index (χ1) is 15.0. The Morgan fingerprint density at radius 3 is 2.65 bits per heavy atom. The number of benzene rings is 2. The predicted octanol–water partition coefficient (Wildman–Crippen LogP) is 2.75.